The van der Waals surface area contributed by atoms with E-state index in [2.05, 4.69) is 16.0 Å². The molecule has 0 aliphatic carbocycles. The number of amides is 3. The first-order chi connectivity index (χ1) is 7.43. The van der Waals surface area contributed by atoms with Crippen molar-refractivity contribution in [3.05, 3.63) is 0 Å². The Morgan fingerprint density at radius 2 is 1.75 bits per heavy atom. The molecule has 1 atom stereocenters. The van der Waals surface area contributed by atoms with Crippen LogP contribution in [-0.2, 0) is 9.59 Å². The Morgan fingerprint density at radius 3 is 2.25 bits per heavy atom. The Labute approximate surface area is 92.6 Å². The van der Waals surface area contributed by atoms with Crippen LogP contribution in [0.1, 0.15) is 6.92 Å². The van der Waals surface area contributed by atoms with Gasteiger partial charge in [0.05, 0.1) is 0 Å². The largest absolute Gasteiger partial charge is 0.480 e. The second-order valence-electron chi connectivity index (χ2n) is 3.06. The summed E-state index contributed by atoms with van der Waals surface area (Å²) in [6, 6.07) is -1.65. The van der Waals surface area contributed by atoms with Crippen molar-refractivity contribution < 1.29 is 19.5 Å². The van der Waals surface area contributed by atoms with E-state index in [0.29, 0.717) is 6.54 Å². The summed E-state index contributed by atoms with van der Waals surface area (Å²) in [6.07, 6.45) is 0. The fraction of sp³-hybridized carbons (Fsp3) is 0.625. The van der Waals surface area contributed by atoms with E-state index in [1.165, 1.54) is 6.92 Å². The first-order valence-electron chi connectivity index (χ1n) is 4.68. The highest BCUT2D eigenvalue weighted by Gasteiger charge is 2.11. The van der Waals surface area contributed by atoms with E-state index in [0.717, 1.165) is 0 Å². The predicted octanol–water partition coefficient (Wildman–Crippen LogP) is -2.17. The number of carbonyl (C=O) groups excluding carboxylic acids is 2. The van der Waals surface area contributed by atoms with Gasteiger partial charge in [0, 0.05) is 26.6 Å². The van der Waals surface area contributed by atoms with E-state index < -0.39 is 18.0 Å². The number of urea groups is 1. The van der Waals surface area contributed by atoms with E-state index in [4.69, 9.17) is 10.8 Å². The van der Waals surface area contributed by atoms with Crippen molar-refractivity contribution in [2.75, 3.05) is 19.6 Å². The van der Waals surface area contributed by atoms with Gasteiger partial charge in [-0.25, -0.2) is 4.79 Å². The lowest BCUT2D eigenvalue weighted by atomic mass is 10.3. The molecular weight excluding hydrogens is 216 g/mol. The van der Waals surface area contributed by atoms with Gasteiger partial charge in [-0.1, -0.05) is 0 Å². The van der Waals surface area contributed by atoms with Crippen LogP contribution in [0.3, 0.4) is 0 Å². The molecule has 8 heteroatoms. The van der Waals surface area contributed by atoms with Crippen LogP contribution in [0, 0.1) is 0 Å². The number of aliphatic carboxylic acids is 1. The minimum absolute atomic E-state index is 0.151. The molecule has 0 fully saturated rings. The average molecular weight is 232 g/mol. The number of rotatable bonds is 6. The molecule has 0 saturated heterocycles. The number of nitrogens with one attached hydrogen (secondary N) is 3. The van der Waals surface area contributed by atoms with Crippen molar-refractivity contribution in [1.29, 1.82) is 0 Å². The molecular formula is C8H16N4O4. The Morgan fingerprint density at radius 1 is 1.19 bits per heavy atom. The molecule has 0 aromatic carbocycles. The van der Waals surface area contributed by atoms with Crippen LogP contribution in [0.4, 0.5) is 4.79 Å². The topological polar surface area (TPSA) is 134 Å². The van der Waals surface area contributed by atoms with Crippen molar-refractivity contribution in [2.24, 2.45) is 5.73 Å². The normalized spacial score (nSPS) is 11.4. The lowest BCUT2D eigenvalue weighted by molar-refractivity contribution is -0.138. The zero-order valence-electron chi connectivity index (χ0n) is 8.95. The molecule has 0 saturated carbocycles. The number of carboxylic acids is 1. The maximum absolute atomic E-state index is 11.0. The van der Waals surface area contributed by atoms with Gasteiger partial charge in [0.1, 0.15) is 6.04 Å². The third-order valence-corrected chi connectivity index (χ3v) is 1.58. The molecule has 0 spiro atoms. The highest BCUT2D eigenvalue weighted by atomic mass is 16.4. The van der Waals surface area contributed by atoms with Crippen molar-refractivity contribution in [1.82, 2.24) is 16.0 Å². The standard InChI is InChI=1S/C8H16N4O4/c1-5(13)10-2-3-11-8(16)12-4-6(9)7(14)15/h6H,2-4,9H2,1H3,(H,10,13)(H,14,15)(H2,11,12,16). The van der Waals surface area contributed by atoms with Crippen LogP contribution in [0.2, 0.25) is 0 Å². The van der Waals surface area contributed by atoms with E-state index in [1.807, 2.05) is 0 Å². The minimum atomic E-state index is -1.18. The number of hydrogen-bond acceptors (Lipinski definition) is 4. The minimum Gasteiger partial charge on any atom is -0.480 e. The molecule has 0 rings (SSSR count). The maximum atomic E-state index is 11.0. The van der Waals surface area contributed by atoms with Crippen LogP contribution in [0.5, 0.6) is 0 Å². The van der Waals surface area contributed by atoms with Crippen molar-refractivity contribution in [2.45, 2.75) is 13.0 Å². The van der Waals surface area contributed by atoms with Gasteiger partial charge in [0.25, 0.3) is 0 Å². The second-order valence-corrected chi connectivity index (χ2v) is 3.06. The van der Waals surface area contributed by atoms with Crippen molar-refractivity contribution in [3.63, 3.8) is 0 Å². The molecule has 0 bridgehead atoms. The fourth-order valence-corrected chi connectivity index (χ4v) is 0.767. The molecule has 0 aliphatic rings. The van der Waals surface area contributed by atoms with Gasteiger partial charge in [-0.15, -0.1) is 0 Å². The number of hydrogen-bond donors (Lipinski definition) is 5. The van der Waals surface area contributed by atoms with Gasteiger partial charge in [-0.3, -0.25) is 9.59 Å². The van der Waals surface area contributed by atoms with Gasteiger partial charge in [-0.2, -0.15) is 0 Å². The molecule has 0 aliphatic heterocycles. The van der Waals surface area contributed by atoms with Crippen LogP contribution in [0.15, 0.2) is 0 Å². The Hall–Kier alpha value is -1.83. The van der Waals surface area contributed by atoms with E-state index in [-0.39, 0.29) is 19.0 Å². The van der Waals surface area contributed by atoms with Crippen LogP contribution in [0.25, 0.3) is 0 Å². The highest BCUT2D eigenvalue weighted by Crippen LogP contribution is 1.75. The zero-order chi connectivity index (χ0) is 12.6. The number of carbonyl (C=O) groups is 3. The van der Waals surface area contributed by atoms with E-state index in [9.17, 15) is 14.4 Å². The summed E-state index contributed by atoms with van der Waals surface area (Å²) in [5.74, 6) is -1.37. The molecule has 0 aromatic rings. The third kappa shape index (κ3) is 7.56. The van der Waals surface area contributed by atoms with Gasteiger partial charge in [0.15, 0.2) is 0 Å². The highest BCUT2D eigenvalue weighted by molar-refractivity contribution is 5.77. The Kier molecular flexibility index (Phi) is 6.61. The molecule has 0 aromatic heterocycles. The molecule has 16 heavy (non-hydrogen) atoms. The average Bonchev–Trinajstić information content (AvgIpc) is 2.20. The third-order valence-electron chi connectivity index (χ3n) is 1.58. The SMILES string of the molecule is CC(=O)NCCNC(=O)NCC(N)C(=O)O. The lowest BCUT2D eigenvalue weighted by Gasteiger charge is -2.09. The summed E-state index contributed by atoms with van der Waals surface area (Å²) in [6.45, 7) is 1.79. The molecule has 0 radical (unpaired) electrons. The van der Waals surface area contributed by atoms with Crippen LogP contribution < -0.4 is 21.7 Å². The Balaban J connectivity index is 3.52. The summed E-state index contributed by atoms with van der Waals surface area (Å²) >= 11 is 0. The molecule has 8 nitrogen and oxygen atoms in total. The zero-order valence-corrected chi connectivity index (χ0v) is 8.95. The summed E-state index contributed by atoms with van der Waals surface area (Å²) in [4.78, 5) is 31.8. The van der Waals surface area contributed by atoms with Crippen LogP contribution in [-0.4, -0.2) is 48.7 Å². The lowest BCUT2D eigenvalue weighted by Crippen LogP contribution is -2.47. The smallest absolute Gasteiger partial charge is 0.322 e. The monoisotopic (exact) mass is 232 g/mol. The second kappa shape index (κ2) is 7.46. The summed E-state index contributed by atoms with van der Waals surface area (Å²) in [7, 11) is 0. The van der Waals surface area contributed by atoms with Crippen molar-refractivity contribution >= 4 is 17.9 Å². The molecule has 92 valence electrons. The summed E-state index contributed by atoms with van der Waals surface area (Å²) in [5, 5.41) is 15.6. The quantitative estimate of drug-likeness (QED) is 0.332. The predicted molar refractivity (Wildman–Crippen MR) is 55.7 cm³/mol. The number of carboxylic acid groups (broad SMARTS) is 1. The summed E-state index contributed by atoms with van der Waals surface area (Å²) in [5.41, 5.74) is 5.16. The first-order valence-corrected chi connectivity index (χ1v) is 4.68. The summed E-state index contributed by atoms with van der Waals surface area (Å²) < 4.78 is 0. The Bertz CT molecular complexity index is 269. The van der Waals surface area contributed by atoms with Crippen LogP contribution >= 0.6 is 0 Å². The van der Waals surface area contributed by atoms with E-state index in [1.54, 1.807) is 0 Å². The molecule has 0 heterocycles. The van der Waals surface area contributed by atoms with Gasteiger partial charge >= 0.3 is 12.0 Å². The van der Waals surface area contributed by atoms with Gasteiger partial charge in [-0.05, 0) is 0 Å². The molecule has 6 N–H and O–H groups in total. The molecule has 1 unspecified atom stereocenters. The first kappa shape index (κ1) is 14.2. The van der Waals surface area contributed by atoms with Gasteiger partial charge < -0.3 is 26.8 Å². The van der Waals surface area contributed by atoms with Crippen molar-refractivity contribution in [3.8, 4) is 0 Å². The number of nitrogens with two attached hydrogens (primary N) is 1. The molecule has 3 amide bonds. The van der Waals surface area contributed by atoms with Gasteiger partial charge in [0.2, 0.25) is 5.91 Å². The van der Waals surface area contributed by atoms with E-state index >= 15 is 0 Å². The maximum Gasteiger partial charge on any atom is 0.322 e. The fourth-order valence-electron chi connectivity index (χ4n) is 0.767.